The van der Waals surface area contributed by atoms with Crippen LogP contribution in [0.25, 0.3) is 116 Å². The normalized spacial score (nSPS) is 11.5. The first kappa shape index (κ1) is 35.8. The number of hydrogen-bond acceptors (Lipinski definition) is 6. The number of aromatic nitrogens is 6. The summed E-state index contributed by atoms with van der Waals surface area (Å²) in [5.74, 6) is 2.34. The van der Waals surface area contributed by atoms with Crippen LogP contribution in [0.1, 0.15) is 0 Å². The summed E-state index contributed by atoms with van der Waals surface area (Å²) in [6.45, 7) is 0. The van der Waals surface area contributed by atoms with Crippen LogP contribution in [-0.2, 0) is 0 Å². The maximum atomic E-state index is 5.37. The van der Waals surface area contributed by atoms with Crippen molar-refractivity contribution in [1.29, 1.82) is 0 Å². The molecule has 0 saturated heterocycles. The number of nitrogens with zero attached hydrogens (tertiary/aromatic N) is 6. The molecule has 0 fully saturated rings. The molecule has 4 aromatic heterocycles. The Morgan fingerprint density at radius 3 is 1.56 bits per heavy atom. The number of para-hydroxylation sites is 2. The van der Waals surface area contributed by atoms with Gasteiger partial charge in [0.05, 0.1) is 32.6 Å². The van der Waals surface area contributed by atoms with E-state index in [4.69, 9.17) is 24.9 Å². The summed E-state index contributed by atoms with van der Waals surface area (Å²) in [6, 6.07) is 71.5. The van der Waals surface area contributed by atoms with E-state index in [1.165, 1.54) is 15.5 Å². The predicted octanol–water partition coefficient (Wildman–Crippen LogP) is 14.1. The number of benzene rings is 8. The van der Waals surface area contributed by atoms with Crippen molar-refractivity contribution in [2.75, 3.05) is 0 Å². The number of fused-ring (bicyclic) bond motifs is 6. The quantitative estimate of drug-likeness (QED) is 0.160. The highest BCUT2D eigenvalue weighted by atomic mass is 32.1. The molecule has 7 heteroatoms. The molecule has 0 aliphatic carbocycles. The highest BCUT2D eigenvalue weighted by molar-refractivity contribution is 7.26. The van der Waals surface area contributed by atoms with Crippen LogP contribution in [0, 0.1) is 0 Å². The molecule has 290 valence electrons. The molecule has 4 heterocycles. The zero-order valence-corrected chi connectivity index (χ0v) is 34.0. The molecule has 0 saturated carbocycles. The third kappa shape index (κ3) is 6.14. The number of hydrogen-bond donors (Lipinski definition) is 0. The van der Waals surface area contributed by atoms with Crippen LogP contribution in [0.3, 0.4) is 0 Å². The molecular weight excluding hydrogens is 777 g/mol. The van der Waals surface area contributed by atoms with Crippen LogP contribution in [0.5, 0.6) is 0 Å². The van der Waals surface area contributed by atoms with Gasteiger partial charge in [0.15, 0.2) is 23.3 Å². The molecule has 12 aromatic rings. The Kier molecular flexibility index (Phi) is 8.57. The van der Waals surface area contributed by atoms with Gasteiger partial charge >= 0.3 is 0 Å². The molecule has 12 rings (SSSR count). The third-order valence-corrected chi connectivity index (χ3v) is 12.6. The number of rotatable bonds is 7. The van der Waals surface area contributed by atoms with E-state index in [1.807, 2.05) is 42.5 Å². The SMILES string of the molecule is c1ccc(-c2cccc(-c3nc(-c4ccccc4)nc(-c4cc(-c5nc(-c6ccccc6)c6sc7ccccc7c6n5)ccc4-n4c5ccccc5c5ccccc54)n3)c2)cc1. The Labute approximate surface area is 361 Å². The average Bonchev–Trinajstić information content (AvgIpc) is 3.90. The molecule has 0 radical (unpaired) electrons. The highest BCUT2D eigenvalue weighted by Crippen LogP contribution is 2.42. The average molecular weight is 811 g/mol. The van der Waals surface area contributed by atoms with Crippen LogP contribution in [0.15, 0.2) is 206 Å². The molecule has 0 aliphatic rings. The first-order valence-corrected chi connectivity index (χ1v) is 21.4. The van der Waals surface area contributed by atoms with E-state index < -0.39 is 0 Å². The van der Waals surface area contributed by atoms with E-state index in [0.717, 1.165) is 77.0 Å². The minimum absolute atomic E-state index is 0.544. The third-order valence-electron chi connectivity index (χ3n) is 11.5. The van der Waals surface area contributed by atoms with Gasteiger partial charge in [0.1, 0.15) is 0 Å². The zero-order chi connectivity index (χ0) is 41.0. The molecule has 0 aliphatic heterocycles. The van der Waals surface area contributed by atoms with Crippen molar-refractivity contribution < 1.29 is 0 Å². The predicted molar refractivity (Wildman–Crippen MR) is 255 cm³/mol. The van der Waals surface area contributed by atoms with Gasteiger partial charge in [-0.3, -0.25) is 0 Å². The van der Waals surface area contributed by atoms with Crippen molar-refractivity contribution in [2.24, 2.45) is 0 Å². The van der Waals surface area contributed by atoms with Gasteiger partial charge in [-0.2, -0.15) is 0 Å². The van der Waals surface area contributed by atoms with Crippen molar-refractivity contribution in [3.8, 4) is 73.6 Å². The second-order valence-electron chi connectivity index (χ2n) is 15.3. The molecular formula is C55H34N6S. The largest absolute Gasteiger partial charge is 0.309 e. The Morgan fingerprint density at radius 2 is 0.855 bits per heavy atom. The van der Waals surface area contributed by atoms with E-state index in [2.05, 4.69) is 168 Å². The van der Waals surface area contributed by atoms with Crippen LogP contribution in [0.4, 0.5) is 0 Å². The first-order valence-electron chi connectivity index (χ1n) is 20.6. The van der Waals surface area contributed by atoms with Gasteiger partial charge in [-0.05, 0) is 53.6 Å². The lowest BCUT2D eigenvalue weighted by atomic mass is 10.0. The summed E-state index contributed by atoms with van der Waals surface area (Å²) < 4.78 is 4.57. The second-order valence-corrected chi connectivity index (χ2v) is 16.3. The fourth-order valence-electron chi connectivity index (χ4n) is 8.55. The lowest BCUT2D eigenvalue weighted by Gasteiger charge is -2.16. The fraction of sp³-hybridized carbons (Fsp3) is 0. The van der Waals surface area contributed by atoms with Crippen molar-refractivity contribution in [1.82, 2.24) is 29.5 Å². The second kappa shape index (κ2) is 14.9. The van der Waals surface area contributed by atoms with Gasteiger partial charge in [0.2, 0.25) is 0 Å². The van der Waals surface area contributed by atoms with Gasteiger partial charge in [0.25, 0.3) is 0 Å². The number of thiophene rings is 1. The maximum Gasteiger partial charge on any atom is 0.166 e. The molecule has 0 atom stereocenters. The lowest BCUT2D eigenvalue weighted by molar-refractivity contribution is 1.06. The van der Waals surface area contributed by atoms with Crippen molar-refractivity contribution in [2.45, 2.75) is 0 Å². The van der Waals surface area contributed by atoms with Gasteiger partial charge in [-0.25, -0.2) is 24.9 Å². The molecule has 0 bridgehead atoms. The molecule has 6 nitrogen and oxygen atoms in total. The Morgan fingerprint density at radius 1 is 0.339 bits per heavy atom. The highest BCUT2D eigenvalue weighted by Gasteiger charge is 2.22. The van der Waals surface area contributed by atoms with Crippen molar-refractivity contribution in [3.63, 3.8) is 0 Å². The zero-order valence-electron chi connectivity index (χ0n) is 33.2. The van der Waals surface area contributed by atoms with E-state index in [0.29, 0.717) is 23.3 Å². The summed E-state index contributed by atoms with van der Waals surface area (Å²) in [5, 5.41) is 3.45. The molecule has 0 unspecified atom stereocenters. The van der Waals surface area contributed by atoms with E-state index in [9.17, 15) is 0 Å². The maximum absolute atomic E-state index is 5.37. The summed E-state index contributed by atoms with van der Waals surface area (Å²) in [7, 11) is 0. The minimum atomic E-state index is 0.544. The molecule has 0 amide bonds. The van der Waals surface area contributed by atoms with Gasteiger partial charge < -0.3 is 4.57 Å². The smallest absolute Gasteiger partial charge is 0.166 e. The van der Waals surface area contributed by atoms with Crippen LogP contribution in [-0.4, -0.2) is 29.5 Å². The van der Waals surface area contributed by atoms with E-state index >= 15 is 0 Å². The molecule has 0 spiro atoms. The van der Waals surface area contributed by atoms with E-state index in [1.54, 1.807) is 11.3 Å². The van der Waals surface area contributed by atoms with Crippen molar-refractivity contribution >= 4 is 53.4 Å². The molecule has 0 N–H and O–H groups in total. The molecule has 62 heavy (non-hydrogen) atoms. The summed E-state index contributed by atoms with van der Waals surface area (Å²) >= 11 is 1.73. The standard InChI is InChI=1S/C55H34N6S/c1-4-17-35(18-5-1)38-23-16-24-39(33-38)54-58-52(37-21-8-3-9-22-37)59-55(60-54)44-34-40(31-32-47(44)61-45-28-13-10-25-41(45)42-26-11-14-29-46(42)61)53-56-49(36-19-6-2-7-20-36)51-50(57-53)43-27-12-15-30-48(43)62-51/h1-34H. The topological polar surface area (TPSA) is 69.4 Å². The summed E-state index contributed by atoms with van der Waals surface area (Å²) in [4.78, 5) is 26.6. The monoisotopic (exact) mass is 810 g/mol. The van der Waals surface area contributed by atoms with Gasteiger partial charge in [-0.15, -0.1) is 11.3 Å². The fourth-order valence-corrected chi connectivity index (χ4v) is 9.71. The Hall–Kier alpha value is -8.13. The molecule has 8 aromatic carbocycles. The Bertz CT molecular complexity index is 3580. The summed E-state index contributed by atoms with van der Waals surface area (Å²) in [6.07, 6.45) is 0. The lowest BCUT2D eigenvalue weighted by Crippen LogP contribution is -2.04. The van der Waals surface area contributed by atoms with Gasteiger partial charge in [-0.1, -0.05) is 164 Å². The van der Waals surface area contributed by atoms with Crippen LogP contribution < -0.4 is 0 Å². The van der Waals surface area contributed by atoms with E-state index in [-0.39, 0.29) is 0 Å². The summed E-state index contributed by atoms with van der Waals surface area (Å²) in [5.41, 5.74) is 11.7. The minimum Gasteiger partial charge on any atom is -0.309 e. The first-order chi connectivity index (χ1) is 30.7. The van der Waals surface area contributed by atoms with Crippen LogP contribution >= 0.6 is 11.3 Å². The van der Waals surface area contributed by atoms with Gasteiger partial charge in [0, 0.05) is 48.7 Å². The Balaban J connectivity index is 1.15. The van der Waals surface area contributed by atoms with Crippen LogP contribution in [0.2, 0.25) is 0 Å². The van der Waals surface area contributed by atoms with Crippen molar-refractivity contribution in [3.05, 3.63) is 206 Å².